The van der Waals surface area contributed by atoms with Gasteiger partial charge in [-0.2, -0.15) is 0 Å². The number of rotatable bonds is 2. The van der Waals surface area contributed by atoms with E-state index in [1.165, 1.54) is 11.1 Å². The lowest BCUT2D eigenvalue weighted by Gasteiger charge is -2.36. The molecule has 1 aromatic carbocycles. The molecule has 1 aromatic rings. The van der Waals surface area contributed by atoms with E-state index < -0.39 is 5.60 Å². The van der Waals surface area contributed by atoms with Crippen LogP contribution in [0.4, 0.5) is 10.5 Å². The monoisotopic (exact) mass is 317 g/mol. The van der Waals surface area contributed by atoms with Gasteiger partial charge in [-0.15, -0.1) is 0 Å². The van der Waals surface area contributed by atoms with E-state index in [1.807, 2.05) is 20.8 Å². The maximum Gasteiger partial charge on any atom is 0.410 e. The molecule has 0 atom stereocenters. The molecule has 1 aliphatic carbocycles. The highest BCUT2D eigenvalue weighted by Crippen LogP contribution is 2.30. The molecule has 126 valence electrons. The first-order valence-electron chi connectivity index (χ1n) is 8.42. The number of ether oxygens (including phenoxy) is 1. The van der Waals surface area contributed by atoms with E-state index in [9.17, 15) is 4.79 Å². The summed E-state index contributed by atoms with van der Waals surface area (Å²) in [6.45, 7) is 7.01. The second-order valence-corrected chi connectivity index (χ2v) is 7.67. The zero-order chi connectivity index (χ0) is 16.6. The highest BCUT2D eigenvalue weighted by molar-refractivity contribution is 5.70. The molecule has 3 N–H and O–H groups in total. The highest BCUT2D eigenvalue weighted by atomic mass is 16.6. The van der Waals surface area contributed by atoms with Gasteiger partial charge >= 0.3 is 6.09 Å². The van der Waals surface area contributed by atoms with Crippen molar-refractivity contribution in [3.63, 3.8) is 0 Å². The predicted molar refractivity (Wildman–Crippen MR) is 91.4 cm³/mol. The quantitative estimate of drug-likeness (QED) is 0.880. The minimum Gasteiger partial charge on any atom is -0.444 e. The van der Waals surface area contributed by atoms with Crippen molar-refractivity contribution in [1.82, 2.24) is 4.90 Å². The first-order chi connectivity index (χ1) is 10.8. The van der Waals surface area contributed by atoms with Crippen LogP contribution in [0.25, 0.3) is 0 Å². The summed E-state index contributed by atoms with van der Waals surface area (Å²) < 4.78 is 5.51. The molecule has 0 spiro atoms. The molecule has 0 unspecified atom stereocenters. The Bertz CT molecular complexity index is 588. The SMILES string of the molecule is CC(C)(C)OC(=O)N1CCc2cccc(NC3CC(N)C3)c2C1. The average Bonchev–Trinajstić information content (AvgIpc) is 2.43. The van der Waals surface area contributed by atoms with Crippen LogP contribution in [0.5, 0.6) is 0 Å². The Morgan fingerprint density at radius 1 is 1.35 bits per heavy atom. The van der Waals surface area contributed by atoms with Crippen LogP contribution < -0.4 is 11.1 Å². The third kappa shape index (κ3) is 3.78. The first-order valence-corrected chi connectivity index (χ1v) is 8.42. The fourth-order valence-electron chi connectivity index (χ4n) is 3.20. The second kappa shape index (κ2) is 6.04. The van der Waals surface area contributed by atoms with Crippen LogP contribution in [-0.4, -0.2) is 35.2 Å². The van der Waals surface area contributed by atoms with Crippen molar-refractivity contribution < 1.29 is 9.53 Å². The Morgan fingerprint density at radius 3 is 2.74 bits per heavy atom. The zero-order valence-corrected chi connectivity index (χ0v) is 14.3. The molecule has 1 fully saturated rings. The molecule has 5 heteroatoms. The lowest BCUT2D eigenvalue weighted by molar-refractivity contribution is 0.0224. The fraction of sp³-hybridized carbons (Fsp3) is 0.611. The molecule has 1 saturated carbocycles. The second-order valence-electron chi connectivity index (χ2n) is 7.67. The third-order valence-electron chi connectivity index (χ3n) is 4.46. The number of amides is 1. The number of nitrogens with one attached hydrogen (secondary N) is 1. The lowest BCUT2D eigenvalue weighted by atomic mass is 9.87. The lowest BCUT2D eigenvalue weighted by Crippen LogP contribution is -2.45. The van der Waals surface area contributed by atoms with Crippen molar-refractivity contribution in [2.45, 2.75) is 64.3 Å². The third-order valence-corrected chi connectivity index (χ3v) is 4.46. The zero-order valence-electron chi connectivity index (χ0n) is 14.3. The van der Waals surface area contributed by atoms with Crippen molar-refractivity contribution in [3.8, 4) is 0 Å². The molecule has 1 heterocycles. The van der Waals surface area contributed by atoms with Crippen molar-refractivity contribution in [3.05, 3.63) is 29.3 Å². The van der Waals surface area contributed by atoms with Gasteiger partial charge in [0.15, 0.2) is 0 Å². The highest BCUT2D eigenvalue weighted by Gasteiger charge is 2.29. The van der Waals surface area contributed by atoms with Gasteiger partial charge in [0, 0.05) is 24.3 Å². The number of hydrogen-bond acceptors (Lipinski definition) is 4. The van der Waals surface area contributed by atoms with Crippen LogP contribution in [0.15, 0.2) is 18.2 Å². The Labute approximate surface area is 138 Å². The molecule has 0 bridgehead atoms. The Morgan fingerprint density at radius 2 is 2.09 bits per heavy atom. The number of nitrogens with zero attached hydrogens (tertiary/aromatic N) is 1. The summed E-state index contributed by atoms with van der Waals surface area (Å²) in [4.78, 5) is 14.1. The van der Waals surface area contributed by atoms with Gasteiger partial charge < -0.3 is 20.7 Å². The molecule has 0 saturated heterocycles. The summed E-state index contributed by atoms with van der Waals surface area (Å²) in [6, 6.07) is 7.11. The first kappa shape index (κ1) is 16.1. The molecule has 23 heavy (non-hydrogen) atoms. The van der Waals surface area contributed by atoms with Gasteiger partial charge in [0.2, 0.25) is 0 Å². The fourth-order valence-corrected chi connectivity index (χ4v) is 3.20. The van der Waals surface area contributed by atoms with Crippen LogP contribution in [0.3, 0.4) is 0 Å². The molecular weight excluding hydrogens is 290 g/mol. The van der Waals surface area contributed by atoms with Crippen molar-refractivity contribution in [1.29, 1.82) is 0 Å². The van der Waals surface area contributed by atoms with Crippen LogP contribution in [0, 0.1) is 0 Å². The van der Waals surface area contributed by atoms with Gasteiger partial charge in [-0.1, -0.05) is 12.1 Å². The summed E-state index contributed by atoms with van der Waals surface area (Å²) in [7, 11) is 0. The van der Waals surface area contributed by atoms with E-state index >= 15 is 0 Å². The van der Waals surface area contributed by atoms with E-state index in [4.69, 9.17) is 10.5 Å². The van der Waals surface area contributed by atoms with E-state index in [0.29, 0.717) is 25.2 Å². The number of benzene rings is 1. The number of carbonyl (C=O) groups excluding carboxylic acids is 1. The van der Waals surface area contributed by atoms with Gasteiger partial charge in [0.05, 0.1) is 6.54 Å². The van der Waals surface area contributed by atoms with E-state index in [-0.39, 0.29) is 6.09 Å². The standard InChI is InChI=1S/C18H27N3O2/c1-18(2,3)23-17(22)21-8-7-12-5-4-6-16(15(12)11-21)20-14-9-13(19)10-14/h4-6,13-14,20H,7-11,19H2,1-3H3. The summed E-state index contributed by atoms with van der Waals surface area (Å²) in [5.41, 5.74) is 9.07. The van der Waals surface area contributed by atoms with Crippen LogP contribution >= 0.6 is 0 Å². The van der Waals surface area contributed by atoms with Crippen molar-refractivity contribution >= 4 is 11.8 Å². The number of hydrogen-bond donors (Lipinski definition) is 2. The van der Waals surface area contributed by atoms with Crippen LogP contribution in [0.2, 0.25) is 0 Å². The Balaban J connectivity index is 1.72. The summed E-state index contributed by atoms with van der Waals surface area (Å²) >= 11 is 0. The van der Waals surface area contributed by atoms with Gasteiger partial charge in [-0.05, 0) is 57.2 Å². The van der Waals surface area contributed by atoms with Crippen molar-refractivity contribution in [2.75, 3.05) is 11.9 Å². The largest absolute Gasteiger partial charge is 0.444 e. The molecule has 0 aromatic heterocycles. The predicted octanol–water partition coefficient (Wildman–Crippen LogP) is 2.88. The molecule has 1 amide bonds. The summed E-state index contributed by atoms with van der Waals surface area (Å²) in [5.74, 6) is 0. The molecule has 5 nitrogen and oxygen atoms in total. The normalized spacial score (nSPS) is 23.7. The number of nitrogens with two attached hydrogens (primary N) is 1. The summed E-state index contributed by atoms with van der Waals surface area (Å²) in [6.07, 6.45) is 2.66. The maximum absolute atomic E-state index is 12.3. The van der Waals surface area contributed by atoms with Gasteiger partial charge in [-0.3, -0.25) is 0 Å². The molecule has 1 aliphatic heterocycles. The smallest absolute Gasteiger partial charge is 0.410 e. The minimum atomic E-state index is -0.461. The van der Waals surface area contributed by atoms with E-state index in [1.54, 1.807) is 4.90 Å². The topological polar surface area (TPSA) is 67.6 Å². The number of fused-ring (bicyclic) bond motifs is 1. The number of carbonyl (C=O) groups is 1. The van der Waals surface area contributed by atoms with Crippen LogP contribution in [0.1, 0.15) is 44.7 Å². The van der Waals surface area contributed by atoms with Gasteiger partial charge in [0.25, 0.3) is 0 Å². The summed E-state index contributed by atoms with van der Waals surface area (Å²) in [5, 5.41) is 3.59. The van der Waals surface area contributed by atoms with E-state index in [2.05, 4.69) is 23.5 Å². The molecular formula is C18H27N3O2. The Kier molecular flexibility index (Phi) is 4.23. The maximum atomic E-state index is 12.3. The van der Waals surface area contributed by atoms with Gasteiger partial charge in [0.1, 0.15) is 5.60 Å². The number of anilines is 1. The molecule has 0 radical (unpaired) electrons. The molecule has 2 aliphatic rings. The Hall–Kier alpha value is -1.75. The minimum absolute atomic E-state index is 0.233. The van der Waals surface area contributed by atoms with Gasteiger partial charge in [-0.25, -0.2) is 4.79 Å². The molecule has 3 rings (SSSR count). The average molecular weight is 317 g/mol. The van der Waals surface area contributed by atoms with Crippen LogP contribution in [-0.2, 0) is 17.7 Å². The van der Waals surface area contributed by atoms with Crippen molar-refractivity contribution in [2.24, 2.45) is 5.73 Å². The van der Waals surface area contributed by atoms with E-state index in [0.717, 1.165) is 24.9 Å².